The van der Waals surface area contributed by atoms with Crippen LogP contribution in [0.3, 0.4) is 0 Å². The molecule has 0 amide bonds. The van der Waals surface area contributed by atoms with E-state index >= 15 is 0 Å². The average Bonchev–Trinajstić information content (AvgIpc) is 2.65. The normalized spacial score (nSPS) is 13.1. The van der Waals surface area contributed by atoms with Gasteiger partial charge in [0.15, 0.2) is 0 Å². The Morgan fingerprint density at radius 3 is 1.82 bits per heavy atom. The Morgan fingerprint density at radius 2 is 1.39 bits per heavy atom. The molecule has 0 radical (unpaired) electrons. The van der Waals surface area contributed by atoms with Gasteiger partial charge in [-0.2, -0.15) is 0 Å². The first-order valence-electron chi connectivity index (χ1n) is 11.6. The van der Waals surface area contributed by atoms with Crippen molar-refractivity contribution in [2.24, 2.45) is 0 Å². The predicted octanol–water partition coefficient (Wildman–Crippen LogP) is 7.05. The van der Waals surface area contributed by atoms with Crippen LogP contribution in [0.4, 0.5) is 0 Å². The second-order valence-corrected chi connectivity index (χ2v) is 27.9. The van der Waals surface area contributed by atoms with Gasteiger partial charge in [0, 0.05) is 0 Å². The fourth-order valence-electron chi connectivity index (χ4n) is 3.54. The number of hydrogen-bond donors (Lipinski definition) is 0. The second-order valence-electron chi connectivity index (χ2n) is 10.0. The predicted molar refractivity (Wildman–Crippen MR) is 129 cm³/mol. The van der Waals surface area contributed by atoms with Crippen molar-refractivity contribution in [1.29, 1.82) is 0 Å². The van der Waals surface area contributed by atoms with Gasteiger partial charge >= 0.3 is 181 Å². The fourth-order valence-corrected chi connectivity index (χ4v) is 19.9. The van der Waals surface area contributed by atoms with Crippen molar-refractivity contribution in [3.8, 4) is 0 Å². The summed E-state index contributed by atoms with van der Waals surface area (Å²) in [7, 11) is -1.76. The molecular weight excluding hydrogens is 467 g/mol. The van der Waals surface area contributed by atoms with E-state index in [-0.39, 0.29) is 5.04 Å². The van der Waals surface area contributed by atoms with Crippen LogP contribution in [0, 0.1) is 0 Å². The first-order chi connectivity index (χ1) is 13.1. The van der Waals surface area contributed by atoms with E-state index in [2.05, 4.69) is 65.7 Å². The zero-order valence-electron chi connectivity index (χ0n) is 20.0. The van der Waals surface area contributed by atoms with Crippen LogP contribution in [-0.4, -0.2) is 36.7 Å². The molecule has 0 aliphatic carbocycles. The maximum atomic E-state index is 6.46. The van der Waals surface area contributed by atoms with Crippen molar-refractivity contribution < 1.29 is 4.43 Å². The Hall–Kier alpha value is 0.0556. The molecule has 3 nitrogen and oxygen atoms in total. The molecule has 5 heteroatoms. The number of nitrogens with zero attached hydrogens (tertiary/aromatic N) is 2. The molecule has 1 heterocycles. The number of hydrogen-bond acceptors (Lipinski definition) is 3. The van der Waals surface area contributed by atoms with Gasteiger partial charge in [0.1, 0.15) is 0 Å². The summed E-state index contributed by atoms with van der Waals surface area (Å²) in [5, 5.41) is 0.231. The Morgan fingerprint density at radius 1 is 0.893 bits per heavy atom. The van der Waals surface area contributed by atoms with Gasteiger partial charge in [-0.25, -0.2) is 0 Å². The molecule has 0 aliphatic heterocycles. The van der Waals surface area contributed by atoms with E-state index in [4.69, 9.17) is 9.41 Å². The van der Waals surface area contributed by atoms with E-state index in [0.29, 0.717) is 6.61 Å². The van der Waals surface area contributed by atoms with Crippen LogP contribution in [0.25, 0.3) is 0 Å². The molecule has 0 N–H and O–H groups in total. The van der Waals surface area contributed by atoms with E-state index in [9.17, 15) is 0 Å². The first-order valence-corrected chi connectivity index (χ1v) is 22.0. The van der Waals surface area contributed by atoms with Crippen molar-refractivity contribution in [3.63, 3.8) is 0 Å². The quantitative estimate of drug-likeness (QED) is 0.265. The molecule has 0 saturated heterocycles. The summed E-state index contributed by atoms with van der Waals surface area (Å²) in [6, 6.07) is 2.35. The SMILES string of the molecule is CCC[CH2][Sn]([CH2]CCC)([CH2]CCC)[c]1cc(CO[Si](C)(C)C(C)(C)C)ncn1. The third-order valence-corrected chi connectivity index (χ3v) is 26.3. The van der Waals surface area contributed by atoms with Gasteiger partial charge in [-0.05, 0) is 0 Å². The van der Waals surface area contributed by atoms with Crippen molar-refractivity contribution >= 4 is 30.4 Å². The first kappa shape index (κ1) is 26.1. The third-order valence-electron chi connectivity index (χ3n) is 6.68. The van der Waals surface area contributed by atoms with Gasteiger partial charge in [-0.1, -0.05) is 0 Å². The summed E-state index contributed by atoms with van der Waals surface area (Å²) in [6.07, 6.45) is 9.81. The van der Waals surface area contributed by atoms with Gasteiger partial charge in [0.25, 0.3) is 0 Å². The summed E-state index contributed by atoms with van der Waals surface area (Å²) in [5.74, 6) is 0. The van der Waals surface area contributed by atoms with Crippen LogP contribution in [0.5, 0.6) is 0 Å². The van der Waals surface area contributed by atoms with Crippen LogP contribution in [0.1, 0.15) is 85.8 Å². The molecule has 1 aromatic rings. The van der Waals surface area contributed by atoms with Gasteiger partial charge in [0.05, 0.1) is 0 Å². The zero-order chi connectivity index (χ0) is 21.3. The summed E-state index contributed by atoms with van der Waals surface area (Å²) in [6.45, 7) is 19.2. The number of aromatic nitrogens is 2. The van der Waals surface area contributed by atoms with Crippen LogP contribution in [-0.2, 0) is 11.0 Å². The average molecular weight is 513 g/mol. The van der Waals surface area contributed by atoms with Crippen molar-refractivity contribution in [2.75, 3.05) is 0 Å². The molecule has 0 atom stereocenters. The van der Waals surface area contributed by atoms with Crippen LogP contribution in [0.2, 0.25) is 31.4 Å². The molecule has 0 aliphatic rings. The van der Waals surface area contributed by atoms with Crippen molar-refractivity contribution in [2.45, 2.75) is 118 Å². The van der Waals surface area contributed by atoms with Gasteiger partial charge in [0.2, 0.25) is 0 Å². The van der Waals surface area contributed by atoms with Crippen molar-refractivity contribution in [3.05, 3.63) is 18.1 Å². The van der Waals surface area contributed by atoms with E-state index < -0.39 is 26.7 Å². The molecule has 0 bridgehead atoms. The third kappa shape index (κ3) is 7.71. The molecule has 0 fully saturated rings. The van der Waals surface area contributed by atoms with Crippen molar-refractivity contribution in [1.82, 2.24) is 9.97 Å². The van der Waals surface area contributed by atoms with Gasteiger partial charge < -0.3 is 0 Å². The summed E-state index contributed by atoms with van der Waals surface area (Å²) in [4.78, 5) is 9.50. The molecule has 0 saturated carbocycles. The van der Waals surface area contributed by atoms with Gasteiger partial charge in [-0.15, -0.1) is 0 Å². The maximum absolute atomic E-state index is 6.46. The molecule has 0 unspecified atom stereocenters. The van der Waals surface area contributed by atoms with Crippen LogP contribution >= 0.6 is 0 Å². The Bertz CT molecular complexity index is 550. The number of unbranched alkanes of at least 4 members (excludes halogenated alkanes) is 3. The van der Waals surface area contributed by atoms with E-state index in [1.54, 1.807) is 0 Å². The molecule has 0 aromatic carbocycles. The standard InChI is InChI=1S/C11H19N2OSi.3C4H9.Sn/c1-11(2,3)15(4,5)14-8-10-6-7-12-9-13-10;3*1-3-4-2;/h6,9H,8H2,1-5H3;3*1,3-4H2,2H3;. The second kappa shape index (κ2) is 12.0. The summed E-state index contributed by atoms with van der Waals surface area (Å²) in [5.41, 5.74) is 1.10. The monoisotopic (exact) mass is 514 g/mol. The Labute approximate surface area is 180 Å². The minimum absolute atomic E-state index is 0.231. The summed E-state index contributed by atoms with van der Waals surface area (Å²) >= 11 is -2.48. The topological polar surface area (TPSA) is 35.0 Å². The summed E-state index contributed by atoms with van der Waals surface area (Å²) < 4.78 is 12.3. The van der Waals surface area contributed by atoms with Gasteiger partial charge in [-0.3, -0.25) is 0 Å². The zero-order valence-corrected chi connectivity index (χ0v) is 23.9. The Balaban J connectivity index is 3.11. The molecule has 162 valence electrons. The molecule has 28 heavy (non-hydrogen) atoms. The molecule has 0 spiro atoms. The molecule has 1 aromatic heterocycles. The van der Waals surface area contributed by atoms with E-state index in [1.165, 1.54) is 55.5 Å². The minimum atomic E-state index is -2.48. The Kier molecular flexibility index (Phi) is 11.2. The molecule has 1 rings (SSSR count). The van der Waals surface area contributed by atoms with Crippen LogP contribution < -0.4 is 3.71 Å². The molecular formula is C23H46N2OSiSn. The fraction of sp³-hybridized carbons (Fsp3) is 0.826. The van der Waals surface area contributed by atoms with E-state index in [0.717, 1.165) is 5.69 Å². The van der Waals surface area contributed by atoms with E-state index in [1.807, 2.05) is 6.33 Å². The number of rotatable bonds is 13. The van der Waals surface area contributed by atoms with Crippen LogP contribution in [0.15, 0.2) is 12.4 Å².